The summed E-state index contributed by atoms with van der Waals surface area (Å²) >= 11 is 0. The SMILES string of the molecule is CC1(C(=O)NCC2CCC(=O)N2)COCC1N. The molecule has 2 amide bonds. The fraction of sp³-hybridized carbons (Fsp3) is 0.818. The third-order valence-corrected chi connectivity index (χ3v) is 3.63. The Hall–Kier alpha value is -1.14. The molecule has 0 radical (unpaired) electrons. The molecule has 2 rings (SSSR count). The van der Waals surface area contributed by atoms with Gasteiger partial charge < -0.3 is 21.1 Å². The molecule has 2 fully saturated rings. The molecule has 0 aromatic rings. The molecule has 2 aliphatic rings. The van der Waals surface area contributed by atoms with Crippen LogP contribution in [0.25, 0.3) is 0 Å². The molecule has 0 bridgehead atoms. The van der Waals surface area contributed by atoms with Gasteiger partial charge in [0.2, 0.25) is 11.8 Å². The maximum Gasteiger partial charge on any atom is 0.230 e. The van der Waals surface area contributed by atoms with Crippen LogP contribution in [0.15, 0.2) is 0 Å². The third-order valence-electron chi connectivity index (χ3n) is 3.63. The van der Waals surface area contributed by atoms with Crippen LogP contribution in [0.4, 0.5) is 0 Å². The number of rotatable bonds is 3. The van der Waals surface area contributed by atoms with Crippen LogP contribution in [-0.2, 0) is 14.3 Å². The number of carbonyl (C=O) groups is 2. The highest BCUT2D eigenvalue weighted by Gasteiger charge is 2.44. The number of carbonyl (C=O) groups excluding carboxylic acids is 2. The third kappa shape index (κ3) is 2.42. The van der Waals surface area contributed by atoms with E-state index in [4.69, 9.17) is 10.5 Å². The van der Waals surface area contributed by atoms with Crippen molar-refractivity contribution in [1.82, 2.24) is 10.6 Å². The van der Waals surface area contributed by atoms with Crippen molar-refractivity contribution < 1.29 is 14.3 Å². The lowest BCUT2D eigenvalue weighted by atomic mass is 9.85. The number of nitrogens with one attached hydrogen (secondary N) is 2. The van der Waals surface area contributed by atoms with Gasteiger partial charge in [0.1, 0.15) is 0 Å². The Kier molecular flexibility index (Phi) is 3.35. The van der Waals surface area contributed by atoms with Crippen LogP contribution in [0.1, 0.15) is 19.8 Å². The van der Waals surface area contributed by atoms with Gasteiger partial charge in [0.25, 0.3) is 0 Å². The Morgan fingerprint density at radius 1 is 1.71 bits per heavy atom. The zero-order chi connectivity index (χ0) is 12.5. The highest BCUT2D eigenvalue weighted by Crippen LogP contribution is 2.27. The van der Waals surface area contributed by atoms with Gasteiger partial charge in [-0.1, -0.05) is 0 Å². The summed E-state index contributed by atoms with van der Waals surface area (Å²) in [7, 11) is 0. The van der Waals surface area contributed by atoms with Gasteiger partial charge in [-0.3, -0.25) is 9.59 Å². The highest BCUT2D eigenvalue weighted by atomic mass is 16.5. The van der Waals surface area contributed by atoms with Crippen molar-refractivity contribution in [2.45, 2.75) is 31.8 Å². The lowest BCUT2D eigenvalue weighted by Gasteiger charge is -2.26. The lowest BCUT2D eigenvalue weighted by Crippen LogP contribution is -2.52. The Bertz CT molecular complexity index is 334. The van der Waals surface area contributed by atoms with Gasteiger partial charge in [0.05, 0.1) is 18.6 Å². The van der Waals surface area contributed by atoms with E-state index in [1.807, 2.05) is 6.92 Å². The first-order valence-corrected chi connectivity index (χ1v) is 5.93. The van der Waals surface area contributed by atoms with E-state index in [-0.39, 0.29) is 23.9 Å². The Balaban J connectivity index is 1.83. The van der Waals surface area contributed by atoms with Gasteiger partial charge in [-0.2, -0.15) is 0 Å². The minimum atomic E-state index is -0.650. The second-order valence-corrected chi connectivity index (χ2v) is 5.05. The van der Waals surface area contributed by atoms with E-state index >= 15 is 0 Å². The fourth-order valence-corrected chi connectivity index (χ4v) is 2.17. The smallest absolute Gasteiger partial charge is 0.230 e. The monoisotopic (exact) mass is 241 g/mol. The summed E-state index contributed by atoms with van der Waals surface area (Å²) in [4.78, 5) is 23.0. The minimum Gasteiger partial charge on any atom is -0.379 e. The van der Waals surface area contributed by atoms with Gasteiger partial charge in [-0.05, 0) is 13.3 Å². The summed E-state index contributed by atoms with van der Waals surface area (Å²) in [5.74, 6) is -0.0417. The average molecular weight is 241 g/mol. The van der Waals surface area contributed by atoms with Gasteiger partial charge in [-0.25, -0.2) is 0 Å². The maximum atomic E-state index is 12.0. The molecule has 6 nitrogen and oxygen atoms in total. The van der Waals surface area contributed by atoms with Gasteiger partial charge in [0, 0.05) is 25.0 Å². The van der Waals surface area contributed by atoms with E-state index in [1.54, 1.807) is 0 Å². The zero-order valence-electron chi connectivity index (χ0n) is 9.99. The van der Waals surface area contributed by atoms with Gasteiger partial charge in [-0.15, -0.1) is 0 Å². The quantitative estimate of drug-likeness (QED) is 0.575. The van der Waals surface area contributed by atoms with Crippen LogP contribution in [0.2, 0.25) is 0 Å². The lowest BCUT2D eigenvalue weighted by molar-refractivity contribution is -0.130. The first-order valence-electron chi connectivity index (χ1n) is 5.93. The summed E-state index contributed by atoms with van der Waals surface area (Å²) < 4.78 is 5.23. The number of ether oxygens (including phenoxy) is 1. The predicted molar refractivity (Wildman–Crippen MR) is 61.1 cm³/mol. The molecule has 2 heterocycles. The standard InChI is InChI=1S/C11H19N3O3/c1-11(6-17-5-8(11)12)10(16)13-4-7-2-3-9(15)14-7/h7-8H,2-6,12H2,1H3,(H,13,16)(H,14,15). The molecule has 3 atom stereocenters. The molecular formula is C11H19N3O3. The summed E-state index contributed by atoms with van der Waals surface area (Å²) in [6.07, 6.45) is 1.32. The number of nitrogens with two attached hydrogens (primary N) is 1. The first kappa shape index (κ1) is 12.3. The van der Waals surface area contributed by atoms with Crippen LogP contribution in [-0.4, -0.2) is 43.7 Å². The van der Waals surface area contributed by atoms with E-state index in [1.165, 1.54) is 0 Å². The second kappa shape index (κ2) is 4.62. The highest BCUT2D eigenvalue weighted by molar-refractivity contribution is 5.84. The maximum absolute atomic E-state index is 12.0. The van der Waals surface area contributed by atoms with E-state index in [9.17, 15) is 9.59 Å². The molecule has 6 heteroatoms. The summed E-state index contributed by atoms with van der Waals surface area (Å²) in [5.41, 5.74) is 5.21. The summed E-state index contributed by atoms with van der Waals surface area (Å²) in [6.45, 7) is 3.06. The summed E-state index contributed by atoms with van der Waals surface area (Å²) in [6, 6.07) is -0.214. The van der Waals surface area contributed by atoms with E-state index < -0.39 is 5.41 Å². The topological polar surface area (TPSA) is 93.5 Å². The average Bonchev–Trinajstić information content (AvgIpc) is 2.84. The summed E-state index contributed by atoms with van der Waals surface area (Å²) in [5, 5.41) is 5.65. The van der Waals surface area contributed by atoms with Gasteiger partial charge >= 0.3 is 0 Å². The molecule has 17 heavy (non-hydrogen) atoms. The molecule has 0 spiro atoms. The van der Waals surface area contributed by atoms with Crippen molar-refractivity contribution in [3.63, 3.8) is 0 Å². The predicted octanol–water partition coefficient (Wildman–Crippen LogP) is -1.25. The molecule has 0 saturated carbocycles. The van der Waals surface area contributed by atoms with Crippen molar-refractivity contribution >= 4 is 11.8 Å². The van der Waals surface area contributed by atoms with E-state index in [2.05, 4.69) is 10.6 Å². The van der Waals surface area contributed by atoms with Crippen molar-refractivity contribution in [3.05, 3.63) is 0 Å². The Labute approximate surface area is 100 Å². The van der Waals surface area contributed by atoms with Crippen molar-refractivity contribution in [2.24, 2.45) is 11.1 Å². The fourth-order valence-electron chi connectivity index (χ4n) is 2.17. The van der Waals surface area contributed by atoms with Crippen LogP contribution in [0.5, 0.6) is 0 Å². The van der Waals surface area contributed by atoms with Crippen LogP contribution in [0, 0.1) is 5.41 Å². The van der Waals surface area contributed by atoms with Gasteiger partial charge in [0.15, 0.2) is 0 Å². The van der Waals surface area contributed by atoms with Crippen molar-refractivity contribution in [2.75, 3.05) is 19.8 Å². The van der Waals surface area contributed by atoms with Crippen molar-refractivity contribution in [1.29, 1.82) is 0 Å². The molecule has 2 aliphatic heterocycles. The zero-order valence-corrected chi connectivity index (χ0v) is 9.99. The Morgan fingerprint density at radius 2 is 2.47 bits per heavy atom. The molecule has 3 unspecified atom stereocenters. The van der Waals surface area contributed by atoms with Crippen LogP contribution in [0.3, 0.4) is 0 Å². The number of hydrogen-bond acceptors (Lipinski definition) is 4. The van der Waals surface area contributed by atoms with E-state index in [0.29, 0.717) is 26.2 Å². The first-order chi connectivity index (χ1) is 8.02. The minimum absolute atomic E-state index is 0.0496. The molecule has 2 saturated heterocycles. The van der Waals surface area contributed by atoms with Crippen molar-refractivity contribution in [3.8, 4) is 0 Å². The Morgan fingerprint density at radius 3 is 3.00 bits per heavy atom. The number of amides is 2. The molecule has 0 aromatic carbocycles. The molecule has 0 aromatic heterocycles. The second-order valence-electron chi connectivity index (χ2n) is 5.05. The molecule has 0 aliphatic carbocycles. The molecule has 4 N–H and O–H groups in total. The van der Waals surface area contributed by atoms with E-state index in [0.717, 1.165) is 6.42 Å². The molecule has 96 valence electrons. The van der Waals surface area contributed by atoms with Crippen LogP contribution < -0.4 is 16.4 Å². The van der Waals surface area contributed by atoms with Crippen LogP contribution >= 0.6 is 0 Å². The largest absolute Gasteiger partial charge is 0.379 e. The number of hydrogen-bond donors (Lipinski definition) is 3. The molecular weight excluding hydrogens is 222 g/mol. The normalized spacial score (nSPS) is 36.9.